The number of fused-ring (bicyclic) bond motifs is 1. The minimum atomic E-state index is -1.47. The predicted molar refractivity (Wildman–Crippen MR) is 158 cm³/mol. The molecule has 1 aliphatic carbocycles. The maximum absolute atomic E-state index is 14.3. The van der Waals surface area contributed by atoms with Gasteiger partial charge in [0.15, 0.2) is 0 Å². The molecule has 4 amide bonds. The van der Waals surface area contributed by atoms with Crippen molar-refractivity contribution < 1.29 is 28.8 Å². The third-order valence-corrected chi connectivity index (χ3v) is 9.15. The summed E-state index contributed by atoms with van der Waals surface area (Å²) in [5, 5.41) is 15.4. The molecule has 0 radical (unpaired) electrons. The summed E-state index contributed by atoms with van der Waals surface area (Å²) < 4.78 is -0.905. The first-order valence-electron chi connectivity index (χ1n) is 15.0. The van der Waals surface area contributed by atoms with Crippen LogP contribution in [-0.4, -0.2) is 84.4 Å². The van der Waals surface area contributed by atoms with Crippen LogP contribution in [0.15, 0.2) is 48.5 Å². The van der Waals surface area contributed by atoms with Gasteiger partial charge in [-0.2, -0.15) is 0 Å². The van der Waals surface area contributed by atoms with Crippen LogP contribution in [0.5, 0.6) is 0 Å². The summed E-state index contributed by atoms with van der Waals surface area (Å²) in [6, 6.07) is 13.6. The molecule has 0 aromatic heterocycles. The lowest BCUT2D eigenvalue weighted by Gasteiger charge is -2.44. The number of quaternary nitrogens is 1. The van der Waals surface area contributed by atoms with Gasteiger partial charge in [-0.15, -0.1) is 0 Å². The zero-order valence-corrected chi connectivity index (χ0v) is 25.5. The van der Waals surface area contributed by atoms with Crippen LogP contribution in [0.2, 0.25) is 0 Å². The molecule has 2 aromatic rings. The number of imide groups is 1. The summed E-state index contributed by atoms with van der Waals surface area (Å²) in [6.07, 6.45) is 1.85. The van der Waals surface area contributed by atoms with E-state index in [9.17, 15) is 24.3 Å². The van der Waals surface area contributed by atoms with Crippen molar-refractivity contribution in [2.45, 2.75) is 64.6 Å². The van der Waals surface area contributed by atoms with Gasteiger partial charge in [-0.25, -0.2) is 9.28 Å². The van der Waals surface area contributed by atoms with Gasteiger partial charge < -0.3 is 25.0 Å². The number of carboxylic acid groups (broad SMARTS) is 1. The van der Waals surface area contributed by atoms with Crippen LogP contribution in [0.1, 0.15) is 60.2 Å². The van der Waals surface area contributed by atoms with Crippen molar-refractivity contribution in [3.05, 3.63) is 70.8 Å². The Labute approximate surface area is 249 Å². The molecule has 2 aliphatic rings. The molecule has 1 heterocycles. The van der Waals surface area contributed by atoms with Gasteiger partial charge in [0, 0.05) is 19.5 Å². The Bertz CT molecular complexity index is 1300. The number of rotatable bonds is 11. The van der Waals surface area contributed by atoms with Crippen molar-refractivity contribution in [3.8, 4) is 0 Å². The second-order valence-electron chi connectivity index (χ2n) is 12.2. The average molecular weight is 577 g/mol. The lowest BCUT2D eigenvalue weighted by molar-refractivity contribution is -0.779. The number of piperazine rings is 1. The van der Waals surface area contributed by atoms with Gasteiger partial charge in [-0.3, -0.25) is 9.59 Å². The normalized spacial score (nSPS) is 20.5. The number of amides is 4. The van der Waals surface area contributed by atoms with Gasteiger partial charge in [0.1, 0.15) is 12.1 Å². The third-order valence-electron chi connectivity index (χ3n) is 9.15. The number of hydrogen-bond donors (Lipinski definition) is 1. The lowest BCUT2D eigenvalue weighted by Crippen LogP contribution is -2.66. The Kier molecular flexibility index (Phi) is 9.84. The zero-order valence-electron chi connectivity index (χ0n) is 25.5. The molecule has 9 heteroatoms. The van der Waals surface area contributed by atoms with E-state index in [1.165, 1.54) is 18.2 Å². The highest BCUT2D eigenvalue weighted by molar-refractivity contribution is 5.98. The van der Waals surface area contributed by atoms with Crippen molar-refractivity contribution in [1.29, 1.82) is 0 Å². The zero-order chi connectivity index (χ0) is 30.6. The highest BCUT2D eigenvalue weighted by atomic mass is 16.4. The fourth-order valence-electron chi connectivity index (χ4n) is 6.58. The highest BCUT2D eigenvalue weighted by Crippen LogP contribution is 2.34. The summed E-state index contributed by atoms with van der Waals surface area (Å²) in [5.41, 5.74) is 3.14. The summed E-state index contributed by atoms with van der Waals surface area (Å²) in [6.45, 7) is 4.75. The maximum atomic E-state index is 14.3. The Morgan fingerprint density at radius 2 is 1.62 bits per heavy atom. The van der Waals surface area contributed by atoms with Crippen LogP contribution < -0.4 is 10.4 Å². The third kappa shape index (κ3) is 6.27. The molecule has 0 saturated carbocycles. The standard InChI is InChI=1S/C33H44N4O5/c1-6-22(7-2)29-30(38)34-28(26-19-23-13-8-9-14-24(23)20-26)31(39)36(29)21-25-15-10-11-16-27(25)32(40)37(5,33(41)42)18-12-17-35(3)4/h8-11,13-16,22,26,28-29H,6-7,12,17-21H2,1-5H3,(H-,34,38,41,42)/t28-,29-,37?/m1/s1. The number of hydrogen-bond acceptors (Lipinski definition) is 6. The summed E-state index contributed by atoms with van der Waals surface area (Å²) in [5.74, 6) is -1.05. The fourth-order valence-corrected chi connectivity index (χ4v) is 6.58. The monoisotopic (exact) mass is 576 g/mol. The van der Waals surface area contributed by atoms with Gasteiger partial charge in [-0.1, -0.05) is 69.2 Å². The molecular weight excluding hydrogens is 532 g/mol. The maximum Gasteiger partial charge on any atom is 0.352 e. The molecule has 3 atom stereocenters. The smallest absolute Gasteiger partial charge is 0.352 e. The molecule has 0 bridgehead atoms. The Morgan fingerprint density at radius 3 is 2.19 bits per heavy atom. The van der Waals surface area contributed by atoms with Crippen LogP contribution >= 0.6 is 0 Å². The minimum absolute atomic E-state index is 0.0379. The largest absolute Gasteiger partial charge is 0.498 e. The first-order chi connectivity index (χ1) is 20.0. The molecule has 9 nitrogen and oxygen atoms in total. The minimum Gasteiger partial charge on any atom is -0.498 e. The first-order valence-corrected chi connectivity index (χ1v) is 15.0. The quantitative estimate of drug-likeness (QED) is 0.412. The van der Waals surface area contributed by atoms with Crippen LogP contribution in [0, 0.1) is 11.8 Å². The Morgan fingerprint density at radius 1 is 1.02 bits per heavy atom. The van der Waals surface area contributed by atoms with Crippen molar-refractivity contribution in [2.24, 2.45) is 11.8 Å². The number of carbonyl (C=O) groups excluding carboxylic acids is 4. The Hall–Kier alpha value is -3.56. The van der Waals surface area contributed by atoms with Crippen LogP contribution in [0.25, 0.3) is 0 Å². The van der Waals surface area contributed by atoms with Gasteiger partial charge >= 0.3 is 5.91 Å². The molecule has 2 aromatic carbocycles. The van der Waals surface area contributed by atoms with E-state index in [1.807, 2.05) is 45.0 Å². The van der Waals surface area contributed by atoms with Gasteiger partial charge in [0.25, 0.3) is 6.09 Å². The van der Waals surface area contributed by atoms with Crippen molar-refractivity contribution in [3.63, 3.8) is 0 Å². The molecule has 0 spiro atoms. The molecule has 1 N–H and O–H groups in total. The van der Waals surface area contributed by atoms with Crippen LogP contribution in [-0.2, 0) is 29.0 Å². The topological polar surface area (TPSA) is 110 Å². The molecule has 1 unspecified atom stereocenters. The second-order valence-corrected chi connectivity index (χ2v) is 12.2. The number of nitrogens with zero attached hydrogens (tertiary/aromatic N) is 3. The molecule has 42 heavy (non-hydrogen) atoms. The van der Waals surface area contributed by atoms with Crippen molar-refractivity contribution >= 4 is 23.8 Å². The van der Waals surface area contributed by atoms with E-state index in [2.05, 4.69) is 17.4 Å². The number of benzene rings is 2. The van der Waals surface area contributed by atoms with E-state index in [1.54, 1.807) is 29.2 Å². The average Bonchev–Trinajstić information content (AvgIpc) is 3.40. The summed E-state index contributed by atoms with van der Waals surface area (Å²) in [7, 11) is 5.14. The van der Waals surface area contributed by atoms with E-state index in [0.717, 1.165) is 0 Å². The molecule has 1 saturated heterocycles. The van der Waals surface area contributed by atoms with Crippen LogP contribution in [0.3, 0.4) is 0 Å². The van der Waals surface area contributed by atoms with E-state index in [-0.39, 0.29) is 42.3 Å². The molecular formula is C33H44N4O5. The first kappa shape index (κ1) is 31.4. The van der Waals surface area contributed by atoms with E-state index >= 15 is 0 Å². The number of nitrogens with one attached hydrogen (secondary N) is 1. The highest BCUT2D eigenvalue weighted by Gasteiger charge is 2.47. The van der Waals surface area contributed by atoms with Crippen molar-refractivity contribution in [1.82, 2.24) is 15.1 Å². The predicted octanol–water partition coefficient (Wildman–Crippen LogP) is 2.62. The molecule has 1 fully saturated rings. The Balaban J connectivity index is 1.67. The van der Waals surface area contributed by atoms with Gasteiger partial charge in [0.05, 0.1) is 19.2 Å². The lowest BCUT2D eigenvalue weighted by atomic mass is 9.85. The molecule has 226 valence electrons. The van der Waals surface area contributed by atoms with E-state index in [0.29, 0.717) is 44.2 Å². The van der Waals surface area contributed by atoms with E-state index < -0.39 is 28.6 Å². The fraction of sp³-hybridized carbons (Fsp3) is 0.515. The van der Waals surface area contributed by atoms with E-state index in [4.69, 9.17) is 0 Å². The SMILES string of the molecule is CCC(CC)[C@@H]1C(=O)N[C@H](C2Cc3ccccc3C2)C(=O)N1Cc1ccccc1C(=O)[N+](C)(CCCN(C)C)C(=O)[O-]. The molecule has 4 rings (SSSR count). The number of carbonyl (C=O) groups is 4. The van der Waals surface area contributed by atoms with Crippen LogP contribution in [0.4, 0.5) is 4.79 Å². The van der Waals surface area contributed by atoms with Gasteiger partial charge in [0.2, 0.25) is 11.8 Å². The van der Waals surface area contributed by atoms with Crippen molar-refractivity contribution in [2.75, 3.05) is 34.2 Å². The summed E-state index contributed by atoms with van der Waals surface area (Å²) in [4.78, 5) is 57.8. The molecule has 1 aliphatic heterocycles. The van der Waals surface area contributed by atoms with Gasteiger partial charge in [-0.05, 0) is 61.5 Å². The summed E-state index contributed by atoms with van der Waals surface area (Å²) >= 11 is 0. The second kappa shape index (κ2) is 13.2.